The van der Waals surface area contributed by atoms with Crippen LogP contribution in [0.2, 0.25) is 0 Å². The van der Waals surface area contributed by atoms with Crippen LogP contribution in [0.5, 0.6) is 0 Å². The van der Waals surface area contributed by atoms with Crippen LogP contribution in [0.1, 0.15) is 25.7 Å². The molecule has 1 amide bonds. The van der Waals surface area contributed by atoms with Gasteiger partial charge >= 0.3 is 6.01 Å². The highest BCUT2D eigenvalue weighted by Gasteiger charge is 2.22. The summed E-state index contributed by atoms with van der Waals surface area (Å²) < 4.78 is 5.58. The van der Waals surface area contributed by atoms with Crippen molar-refractivity contribution >= 4 is 11.9 Å². The molecule has 0 saturated carbocycles. The summed E-state index contributed by atoms with van der Waals surface area (Å²) in [7, 11) is 1.82. The summed E-state index contributed by atoms with van der Waals surface area (Å²) in [6, 6.07) is 0.442. The molecule has 0 aromatic carbocycles. The second-order valence-electron chi connectivity index (χ2n) is 4.75. The lowest BCUT2D eigenvalue weighted by Gasteiger charge is -2.16. The van der Waals surface area contributed by atoms with Gasteiger partial charge in [-0.15, -0.1) is 5.10 Å². The quantitative estimate of drug-likeness (QED) is 0.770. The average Bonchev–Trinajstić information content (AvgIpc) is 2.79. The monoisotopic (exact) mass is 267 g/mol. The minimum atomic E-state index is 0.0846. The van der Waals surface area contributed by atoms with E-state index in [1.807, 2.05) is 11.9 Å². The van der Waals surface area contributed by atoms with Crippen LogP contribution in [0, 0.1) is 0 Å². The molecule has 0 spiro atoms. The molecule has 1 fully saturated rings. The number of amides is 1. The molecule has 1 aliphatic rings. The number of nitrogens with zero attached hydrogens (tertiary/aromatic N) is 4. The minimum absolute atomic E-state index is 0.0846. The SMILES string of the molecule is CCCNCc1nnc(N2CCCN(C)C(=O)C2)o1. The maximum atomic E-state index is 11.8. The van der Waals surface area contributed by atoms with Crippen molar-refractivity contribution in [2.75, 3.05) is 38.1 Å². The van der Waals surface area contributed by atoms with Gasteiger partial charge in [0.2, 0.25) is 11.8 Å². The third-order valence-corrected chi connectivity index (χ3v) is 3.10. The third-order valence-electron chi connectivity index (χ3n) is 3.10. The number of nitrogens with one attached hydrogen (secondary N) is 1. The van der Waals surface area contributed by atoms with Gasteiger partial charge in [0.1, 0.15) is 6.54 Å². The van der Waals surface area contributed by atoms with Crippen molar-refractivity contribution in [1.82, 2.24) is 20.4 Å². The van der Waals surface area contributed by atoms with Crippen LogP contribution >= 0.6 is 0 Å². The summed E-state index contributed by atoms with van der Waals surface area (Å²) in [5.41, 5.74) is 0. The zero-order chi connectivity index (χ0) is 13.7. The molecule has 1 N–H and O–H groups in total. The van der Waals surface area contributed by atoms with Crippen molar-refractivity contribution in [3.63, 3.8) is 0 Å². The van der Waals surface area contributed by atoms with Crippen molar-refractivity contribution < 1.29 is 9.21 Å². The summed E-state index contributed by atoms with van der Waals surface area (Å²) in [5.74, 6) is 0.648. The van der Waals surface area contributed by atoms with Crippen molar-refractivity contribution in [2.24, 2.45) is 0 Å². The molecule has 2 rings (SSSR count). The molecule has 106 valence electrons. The summed E-state index contributed by atoms with van der Waals surface area (Å²) in [4.78, 5) is 15.4. The van der Waals surface area contributed by atoms with Crippen LogP contribution in [-0.4, -0.2) is 54.2 Å². The summed E-state index contributed by atoms with van der Waals surface area (Å²) in [5, 5.41) is 11.2. The van der Waals surface area contributed by atoms with Crippen molar-refractivity contribution in [3.05, 3.63) is 5.89 Å². The first-order valence-electron chi connectivity index (χ1n) is 6.72. The Labute approximate surface area is 113 Å². The molecular formula is C12H21N5O2. The van der Waals surface area contributed by atoms with E-state index in [9.17, 15) is 4.79 Å². The highest BCUT2D eigenvalue weighted by atomic mass is 16.4. The summed E-state index contributed by atoms with van der Waals surface area (Å²) in [6.07, 6.45) is 1.97. The van der Waals surface area contributed by atoms with Gasteiger partial charge in [-0.05, 0) is 19.4 Å². The van der Waals surface area contributed by atoms with Gasteiger partial charge in [-0.25, -0.2) is 0 Å². The van der Waals surface area contributed by atoms with Crippen LogP contribution in [0.25, 0.3) is 0 Å². The number of carbonyl (C=O) groups excluding carboxylic acids is 1. The van der Waals surface area contributed by atoms with E-state index in [1.165, 1.54) is 0 Å². The zero-order valence-electron chi connectivity index (χ0n) is 11.6. The standard InChI is InChI=1S/C12H21N5O2/c1-3-5-13-8-10-14-15-12(19-10)17-7-4-6-16(2)11(18)9-17/h13H,3-9H2,1-2H3. The maximum absolute atomic E-state index is 11.8. The van der Waals surface area contributed by atoms with Gasteiger partial charge in [0.25, 0.3) is 0 Å². The van der Waals surface area contributed by atoms with Gasteiger partial charge in [0.05, 0.1) is 6.54 Å². The van der Waals surface area contributed by atoms with Crippen LogP contribution in [0.4, 0.5) is 6.01 Å². The number of anilines is 1. The molecule has 7 heteroatoms. The van der Waals surface area contributed by atoms with Gasteiger partial charge < -0.3 is 19.5 Å². The average molecular weight is 267 g/mol. The van der Waals surface area contributed by atoms with E-state index >= 15 is 0 Å². The molecule has 0 atom stereocenters. The van der Waals surface area contributed by atoms with Gasteiger partial charge in [-0.2, -0.15) is 0 Å². The Morgan fingerprint density at radius 1 is 1.37 bits per heavy atom. The van der Waals surface area contributed by atoms with Crippen LogP contribution in [0.3, 0.4) is 0 Å². The predicted octanol–water partition coefficient (Wildman–Crippen LogP) is 0.238. The minimum Gasteiger partial charge on any atom is -0.407 e. The third kappa shape index (κ3) is 3.66. The van der Waals surface area contributed by atoms with Crippen LogP contribution < -0.4 is 10.2 Å². The first-order valence-corrected chi connectivity index (χ1v) is 6.72. The Morgan fingerprint density at radius 3 is 3.00 bits per heavy atom. The Morgan fingerprint density at radius 2 is 2.21 bits per heavy atom. The van der Waals surface area contributed by atoms with E-state index in [0.29, 0.717) is 25.0 Å². The summed E-state index contributed by atoms with van der Waals surface area (Å²) in [6.45, 7) is 5.44. The Kier molecular flexibility index (Phi) is 4.73. The second kappa shape index (κ2) is 6.51. The molecule has 2 heterocycles. The lowest BCUT2D eigenvalue weighted by Crippen LogP contribution is -2.34. The lowest BCUT2D eigenvalue weighted by molar-refractivity contribution is -0.127. The first kappa shape index (κ1) is 13.8. The normalized spacial score (nSPS) is 16.8. The Balaban J connectivity index is 1.95. The van der Waals surface area contributed by atoms with E-state index in [2.05, 4.69) is 22.4 Å². The van der Waals surface area contributed by atoms with Crippen molar-refractivity contribution in [3.8, 4) is 0 Å². The van der Waals surface area contributed by atoms with E-state index in [4.69, 9.17) is 4.42 Å². The van der Waals surface area contributed by atoms with Crippen LogP contribution in [-0.2, 0) is 11.3 Å². The van der Waals surface area contributed by atoms with Crippen LogP contribution in [0.15, 0.2) is 4.42 Å². The molecule has 0 bridgehead atoms. The number of hydrogen-bond acceptors (Lipinski definition) is 6. The van der Waals surface area contributed by atoms with E-state index in [-0.39, 0.29) is 5.91 Å². The van der Waals surface area contributed by atoms with E-state index < -0.39 is 0 Å². The molecular weight excluding hydrogens is 246 g/mol. The molecule has 0 radical (unpaired) electrons. The number of hydrogen-bond donors (Lipinski definition) is 1. The number of likely N-dealkylation sites (N-methyl/N-ethyl adjacent to an activating group) is 1. The van der Waals surface area contributed by atoms with Gasteiger partial charge in [-0.3, -0.25) is 4.79 Å². The van der Waals surface area contributed by atoms with Crippen molar-refractivity contribution in [1.29, 1.82) is 0 Å². The molecule has 1 aliphatic heterocycles. The topological polar surface area (TPSA) is 74.5 Å². The Bertz CT molecular complexity index is 420. The fourth-order valence-corrected chi connectivity index (χ4v) is 1.97. The largest absolute Gasteiger partial charge is 0.407 e. The molecule has 1 saturated heterocycles. The highest BCUT2D eigenvalue weighted by molar-refractivity contribution is 5.80. The van der Waals surface area contributed by atoms with Crippen molar-refractivity contribution in [2.45, 2.75) is 26.3 Å². The molecule has 7 nitrogen and oxygen atoms in total. The number of carbonyl (C=O) groups is 1. The van der Waals surface area contributed by atoms with Gasteiger partial charge in [0, 0.05) is 20.1 Å². The molecule has 0 unspecified atom stereocenters. The number of aromatic nitrogens is 2. The molecule has 0 aliphatic carbocycles. The maximum Gasteiger partial charge on any atom is 0.318 e. The molecule has 19 heavy (non-hydrogen) atoms. The lowest BCUT2D eigenvalue weighted by atomic mass is 10.4. The van der Waals surface area contributed by atoms with E-state index in [0.717, 1.165) is 32.5 Å². The first-order chi connectivity index (χ1) is 9.20. The highest BCUT2D eigenvalue weighted by Crippen LogP contribution is 2.14. The fourth-order valence-electron chi connectivity index (χ4n) is 1.97. The smallest absolute Gasteiger partial charge is 0.318 e. The van der Waals surface area contributed by atoms with Gasteiger partial charge in [0.15, 0.2) is 0 Å². The van der Waals surface area contributed by atoms with Gasteiger partial charge in [-0.1, -0.05) is 12.0 Å². The molecule has 1 aromatic heterocycles. The fraction of sp³-hybridized carbons (Fsp3) is 0.750. The zero-order valence-corrected chi connectivity index (χ0v) is 11.6. The predicted molar refractivity (Wildman–Crippen MR) is 70.8 cm³/mol. The second-order valence-corrected chi connectivity index (χ2v) is 4.75. The number of rotatable bonds is 5. The summed E-state index contributed by atoms with van der Waals surface area (Å²) >= 11 is 0. The van der Waals surface area contributed by atoms with E-state index in [1.54, 1.807) is 4.90 Å². The molecule has 1 aromatic rings. The Hall–Kier alpha value is -1.63.